The molecule has 0 saturated carbocycles. The van der Waals surface area contributed by atoms with Crippen molar-refractivity contribution >= 4 is 63.8 Å². The predicted molar refractivity (Wildman–Crippen MR) is 116 cm³/mol. The zero-order valence-electron chi connectivity index (χ0n) is 14.0. The van der Waals surface area contributed by atoms with Gasteiger partial charge < -0.3 is 11.1 Å². The molecule has 1 atom stereocenters. The molecule has 1 amide bonds. The maximum absolute atomic E-state index is 13.1. The Morgan fingerprint density at radius 3 is 2.22 bits per heavy atom. The van der Waals surface area contributed by atoms with Crippen LogP contribution in [0.4, 0.5) is 11.4 Å². The molecule has 0 spiro atoms. The number of carbonyl (C=O) groups is 1. The molecule has 0 aliphatic rings. The van der Waals surface area contributed by atoms with Gasteiger partial charge in [-0.25, -0.2) is 0 Å². The molecule has 0 bridgehead atoms. The van der Waals surface area contributed by atoms with Gasteiger partial charge in [0.15, 0.2) is 0 Å². The van der Waals surface area contributed by atoms with Crippen molar-refractivity contribution in [3.63, 3.8) is 0 Å². The second-order valence-corrected chi connectivity index (χ2v) is 8.05. The van der Waals surface area contributed by atoms with E-state index >= 15 is 0 Å². The second kappa shape index (κ2) is 8.89. The summed E-state index contributed by atoms with van der Waals surface area (Å²) in [6, 6.07) is 19.9. The van der Waals surface area contributed by atoms with Gasteiger partial charge in [-0.2, -0.15) is 0 Å². The fourth-order valence-electron chi connectivity index (χ4n) is 2.43. The molecule has 0 aliphatic carbocycles. The van der Waals surface area contributed by atoms with E-state index in [9.17, 15) is 4.79 Å². The van der Waals surface area contributed by atoms with E-state index in [0.29, 0.717) is 26.4 Å². The molecule has 3 aromatic carbocycles. The largest absolute Gasteiger partial charge is 0.398 e. The monoisotopic (exact) mass is 436 g/mol. The maximum Gasteiger partial charge on any atom is 0.242 e. The number of para-hydroxylation sites is 1. The molecule has 138 valence electrons. The summed E-state index contributed by atoms with van der Waals surface area (Å²) in [7, 11) is 0. The molecule has 0 radical (unpaired) electrons. The Labute approximate surface area is 176 Å². The Kier molecular flexibility index (Phi) is 6.55. The summed E-state index contributed by atoms with van der Waals surface area (Å²) in [4.78, 5) is 13.9. The van der Waals surface area contributed by atoms with Crippen molar-refractivity contribution in [3.05, 3.63) is 87.4 Å². The molecule has 3 nitrogen and oxygen atoms in total. The first-order chi connectivity index (χ1) is 13.0. The molecular weight excluding hydrogens is 423 g/mol. The van der Waals surface area contributed by atoms with Crippen molar-refractivity contribution in [1.82, 2.24) is 0 Å². The highest BCUT2D eigenvalue weighted by atomic mass is 35.5. The number of anilines is 2. The van der Waals surface area contributed by atoms with Gasteiger partial charge in [0.1, 0.15) is 5.25 Å². The number of hydrogen-bond acceptors (Lipinski definition) is 3. The lowest BCUT2D eigenvalue weighted by molar-refractivity contribution is -0.115. The van der Waals surface area contributed by atoms with Crippen LogP contribution in [0.5, 0.6) is 0 Å². The van der Waals surface area contributed by atoms with Crippen LogP contribution in [0.25, 0.3) is 0 Å². The minimum absolute atomic E-state index is 0.241. The van der Waals surface area contributed by atoms with E-state index in [1.807, 2.05) is 48.5 Å². The number of benzene rings is 3. The van der Waals surface area contributed by atoms with Crippen LogP contribution in [0.2, 0.25) is 15.1 Å². The summed E-state index contributed by atoms with van der Waals surface area (Å²) in [6.07, 6.45) is 0. The molecule has 3 rings (SSSR count). The van der Waals surface area contributed by atoms with E-state index in [-0.39, 0.29) is 5.91 Å². The Morgan fingerprint density at radius 1 is 0.889 bits per heavy atom. The Morgan fingerprint density at radius 2 is 1.52 bits per heavy atom. The summed E-state index contributed by atoms with van der Waals surface area (Å²) >= 11 is 19.6. The lowest BCUT2D eigenvalue weighted by atomic mass is 10.1. The highest BCUT2D eigenvalue weighted by molar-refractivity contribution is 8.00. The van der Waals surface area contributed by atoms with Crippen LogP contribution in [-0.4, -0.2) is 5.91 Å². The third kappa shape index (κ3) is 4.90. The van der Waals surface area contributed by atoms with E-state index in [2.05, 4.69) is 5.32 Å². The van der Waals surface area contributed by atoms with Gasteiger partial charge in [-0.05, 0) is 29.8 Å². The molecule has 27 heavy (non-hydrogen) atoms. The molecule has 3 N–H and O–H groups in total. The van der Waals surface area contributed by atoms with Gasteiger partial charge in [0, 0.05) is 10.6 Å². The number of hydrogen-bond donors (Lipinski definition) is 2. The highest BCUT2D eigenvalue weighted by Gasteiger charge is 2.24. The number of nitrogens with two attached hydrogens (primary N) is 1. The number of thioether (sulfide) groups is 1. The van der Waals surface area contributed by atoms with Gasteiger partial charge in [-0.15, -0.1) is 11.8 Å². The zero-order chi connectivity index (χ0) is 19.4. The van der Waals surface area contributed by atoms with E-state index < -0.39 is 5.25 Å². The first kappa shape index (κ1) is 19.9. The van der Waals surface area contributed by atoms with Crippen molar-refractivity contribution in [2.45, 2.75) is 10.1 Å². The Bertz CT molecular complexity index is 967. The quantitative estimate of drug-likeness (QED) is 0.265. The van der Waals surface area contributed by atoms with Crippen LogP contribution in [0.3, 0.4) is 0 Å². The standard InChI is InChI=1S/C20H15Cl3N2OS/c21-13-10-15(23)17(11-14(13)22)25-20(26)19(12-6-2-1-3-7-12)27-18-9-5-4-8-16(18)24/h1-11,19H,24H2,(H,25,26). The number of nitrogen functional groups attached to an aromatic ring is 1. The average Bonchev–Trinajstić information content (AvgIpc) is 2.66. The predicted octanol–water partition coefficient (Wildman–Crippen LogP) is 6.70. The van der Waals surface area contributed by atoms with E-state index in [4.69, 9.17) is 40.5 Å². The average molecular weight is 438 g/mol. The zero-order valence-corrected chi connectivity index (χ0v) is 17.0. The van der Waals surface area contributed by atoms with Gasteiger partial charge in [0.2, 0.25) is 5.91 Å². The topological polar surface area (TPSA) is 55.1 Å². The number of halogens is 3. The van der Waals surface area contributed by atoms with E-state index in [1.54, 1.807) is 6.07 Å². The second-order valence-electron chi connectivity index (χ2n) is 5.68. The first-order valence-corrected chi connectivity index (χ1v) is 9.98. The van der Waals surface area contributed by atoms with Crippen LogP contribution in [-0.2, 0) is 4.79 Å². The summed E-state index contributed by atoms with van der Waals surface area (Å²) in [5, 5.41) is 3.27. The third-order valence-corrected chi connectivity index (χ3v) is 6.15. The fraction of sp³-hybridized carbons (Fsp3) is 0.0500. The van der Waals surface area contributed by atoms with Crippen molar-refractivity contribution in [1.29, 1.82) is 0 Å². The molecule has 0 saturated heterocycles. The number of rotatable bonds is 5. The highest BCUT2D eigenvalue weighted by Crippen LogP contribution is 2.40. The molecule has 7 heteroatoms. The smallest absolute Gasteiger partial charge is 0.242 e. The van der Waals surface area contributed by atoms with Gasteiger partial charge in [0.25, 0.3) is 0 Å². The van der Waals surface area contributed by atoms with E-state index in [1.165, 1.54) is 23.9 Å². The van der Waals surface area contributed by atoms with Crippen LogP contribution < -0.4 is 11.1 Å². The molecule has 0 aliphatic heterocycles. The molecule has 0 heterocycles. The van der Waals surface area contributed by atoms with Crippen LogP contribution in [0, 0.1) is 0 Å². The summed E-state index contributed by atoms with van der Waals surface area (Å²) in [5.74, 6) is -0.241. The van der Waals surface area contributed by atoms with E-state index in [0.717, 1.165) is 10.5 Å². The van der Waals surface area contributed by atoms with Gasteiger partial charge in [-0.3, -0.25) is 4.79 Å². The summed E-state index contributed by atoms with van der Waals surface area (Å²) < 4.78 is 0. The normalized spacial score (nSPS) is 11.8. The summed E-state index contributed by atoms with van der Waals surface area (Å²) in [6.45, 7) is 0. The van der Waals surface area contributed by atoms with Crippen molar-refractivity contribution in [2.24, 2.45) is 0 Å². The number of carbonyl (C=O) groups excluding carboxylic acids is 1. The lowest BCUT2D eigenvalue weighted by Crippen LogP contribution is -2.19. The molecule has 1 unspecified atom stereocenters. The maximum atomic E-state index is 13.1. The van der Waals surface area contributed by atoms with Crippen LogP contribution in [0.15, 0.2) is 71.6 Å². The Hall–Kier alpha value is -1.85. The summed E-state index contributed by atoms with van der Waals surface area (Å²) in [5.41, 5.74) is 7.92. The third-order valence-electron chi connectivity index (χ3n) is 3.77. The minimum atomic E-state index is -0.526. The first-order valence-electron chi connectivity index (χ1n) is 7.97. The van der Waals surface area contributed by atoms with Crippen molar-refractivity contribution in [3.8, 4) is 0 Å². The Balaban J connectivity index is 1.92. The molecule has 3 aromatic rings. The van der Waals surface area contributed by atoms with Gasteiger partial charge in [0.05, 0.1) is 20.8 Å². The SMILES string of the molecule is Nc1ccccc1SC(C(=O)Nc1cc(Cl)c(Cl)cc1Cl)c1ccccc1. The van der Waals surface area contributed by atoms with Crippen LogP contribution in [0.1, 0.15) is 10.8 Å². The molecule has 0 fully saturated rings. The number of amides is 1. The minimum Gasteiger partial charge on any atom is -0.398 e. The molecular formula is C20H15Cl3N2OS. The van der Waals surface area contributed by atoms with Gasteiger partial charge >= 0.3 is 0 Å². The lowest BCUT2D eigenvalue weighted by Gasteiger charge is -2.18. The van der Waals surface area contributed by atoms with Crippen molar-refractivity contribution in [2.75, 3.05) is 11.1 Å². The molecule has 0 aromatic heterocycles. The fourth-order valence-corrected chi connectivity index (χ4v) is 4.10. The van der Waals surface area contributed by atoms with Gasteiger partial charge in [-0.1, -0.05) is 77.3 Å². The number of nitrogens with one attached hydrogen (secondary N) is 1. The van der Waals surface area contributed by atoms with Crippen LogP contribution >= 0.6 is 46.6 Å². The van der Waals surface area contributed by atoms with Crippen molar-refractivity contribution < 1.29 is 4.79 Å².